The van der Waals surface area contributed by atoms with Crippen molar-refractivity contribution in [3.05, 3.63) is 99.0 Å². The number of ketones is 1. The molecule has 10 heteroatoms. The number of carboxylic acid groups (broad SMARTS) is 1. The number of hydrogen-bond donors (Lipinski definition) is 3. The van der Waals surface area contributed by atoms with Crippen molar-refractivity contribution in [2.24, 2.45) is 0 Å². The molecule has 0 fully saturated rings. The standard InChI is InChI=1S/C23H27N3O5.C7H6Cl2/c1-4-26(22(29)17-6-5-7-18(12-17)23(30)31)13-20(16-8-10-19(24)11-9-16)21(14(2)27)25-15(3)28;1-5-2-6(8)4-7(9)3-5/h5-12,20-21H,4,13,24H2,1-3H3,(H,25,28)(H,30,31);2-4H,1H3. The summed E-state index contributed by atoms with van der Waals surface area (Å²) in [7, 11) is 0. The average Bonchev–Trinajstić information content (AvgIpc) is 2.88. The number of benzene rings is 3. The Hall–Kier alpha value is -3.88. The fraction of sp³-hybridized carbons (Fsp3) is 0.267. The van der Waals surface area contributed by atoms with Crippen LogP contribution in [-0.2, 0) is 9.59 Å². The predicted octanol–water partition coefficient (Wildman–Crippen LogP) is 5.61. The van der Waals surface area contributed by atoms with Gasteiger partial charge >= 0.3 is 5.97 Å². The number of amides is 2. The molecule has 8 nitrogen and oxygen atoms in total. The number of rotatable bonds is 9. The molecule has 3 aromatic carbocycles. The summed E-state index contributed by atoms with van der Waals surface area (Å²) in [4.78, 5) is 50.0. The zero-order chi connectivity index (χ0) is 30.0. The molecule has 3 aromatic rings. The Kier molecular flexibility index (Phi) is 12.2. The maximum absolute atomic E-state index is 13.1. The molecular weight excluding hydrogens is 553 g/mol. The van der Waals surface area contributed by atoms with Crippen molar-refractivity contribution in [1.29, 1.82) is 0 Å². The number of carbonyl (C=O) groups excluding carboxylic acids is 3. The van der Waals surface area contributed by atoms with E-state index in [0.29, 0.717) is 22.3 Å². The van der Waals surface area contributed by atoms with Gasteiger partial charge in [-0.2, -0.15) is 0 Å². The molecule has 0 aliphatic rings. The third-order valence-corrected chi connectivity index (χ3v) is 6.45. The molecule has 0 saturated carbocycles. The van der Waals surface area contributed by atoms with Crippen LogP contribution in [0.4, 0.5) is 5.69 Å². The van der Waals surface area contributed by atoms with Gasteiger partial charge in [0.1, 0.15) is 0 Å². The van der Waals surface area contributed by atoms with Gasteiger partial charge < -0.3 is 21.1 Å². The summed E-state index contributed by atoms with van der Waals surface area (Å²) < 4.78 is 0. The predicted molar refractivity (Wildman–Crippen MR) is 158 cm³/mol. The van der Waals surface area contributed by atoms with Crippen LogP contribution in [0.25, 0.3) is 0 Å². The van der Waals surface area contributed by atoms with Crippen LogP contribution in [0.2, 0.25) is 10.0 Å². The molecule has 40 heavy (non-hydrogen) atoms. The SMILES string of the molecule is CCN(CC(c1ccc(N)cc1)C(NC(C)=O)C(C)=O)C(=O)c1cccc(C(=O)O)c1.Cc1cc(Cl)cc(Cl)c1. The number of carboxylic acids is 1. The zero-order valence-electron chi connectivity index (χ0n) is 22.8. The average molecular weight is 587 g/mol. The smallest absolute Gasteiger partial charge is 0.335 e. The largest absolute Gasteiger partial charge is 0.478 e. The number of halogens is 2. The third-order valence-electron chi connectivity index (χ3n) is 6.01. The second kappa shape index (κ2) is 15.1. The van der Waals surface area contributed by atoms with Crippen LogP contribution >= 0.6 is 23.2 Å². The summed E-state index contributed by atoms with van der Waals surface area (Å²) in [6.07, 6.45) is 0. The van der Waals surface area contributed by atoms with E-state index in [4.69, 9.17) is 28.9 Å². The molecule has 0 radical (unpaired) electrons. The molecule has 0 saturated heterocycles. The Bertz CT molecular complexity index is 1310. The van der Waals surface area contributed by atoms with Gasteiger partial charge in [0, 0.05) is 47.2 Å². The van der Waals surface area contributed by atoms with E-state index in [9.17, 15) is 24.3 Å². The van der Waals surface area contributed by atoms with E-state index in [2.05, 4.69) is 5.32 Å². The van der Waals surface area contributed by atoms with Crippen LogP contribution in [0.1, 0.15) is 58.5 Å². The number of Topliss-reactive ketones (excluding diaryl/α,β-unsaturated/α-hetero) is 1. The minimum Gasteiger partial charge on any atom is -0.478 e. The summed E-state index contributed by atoms with van der Waals surface area (Å²) in [5.74, 6) is -2.61. The van der Waals surface area contributed by atoms with E-state index in [1.165, 1.54) is 36.9 Å². The molecule has 212 valence electrons. The third kappa shape index (κ3) is 9.70. The zero-order valence-corrected chi connectivity index (χ0v) is 24.3. The van der Waals surface area contributed by atoms with Crippen LogP contribution in [-0.4, -0.2) is 52.7 Å². The van der Waals surface area contributed by atoms with Gasteiger partial charge in [0.15, 0.2) is 5.78 Å². The summed E-state index contributed by atoms with van der Waals surface area (Å²) in [6.45, 7) is 6.93. The number of aromatic carboxylic acids is 1. The lowest BCUT2D eigenvalue weighted by Gasteiger charge is -2.32. The van der Waals surface area contributed by atoms with Crippen molar-refractivity contribution < 1.29 is 24.3 Å². The van der Waals surface area contributed by atoms with Crippen molar-refractivity contribution in [2.45, 2.75) is 39.7 Å². The summed E-state index contributed by atoms with van der Waals surface area (Å²) in [6, 6.07) is 17.3. The van der Waals surface area contributed by atoms with Gasteiger partial charge in [0.05, 0.1) is 11.6 Å². The first-order valence-electron chi connectivity index (χ1n) is 12.5. The number of anilines is 1. The van der Waals surface area contributed by atoms with Gasteiger partial charge in [-0.3, -0.25) is 14.4 Å². The first kappa shape index (κ1) is 32.3. The second-order valence-corrected chi connectivity index (χ2v) is 10.1. The van der Waals surface area contributed by atoms with Crippen LogP contribution in [0.5, 0.6) is 0 Å². The molecule has 0 spiro atoms. The number of nitrogens with zero attached hydrogens (tertiary/aromatic N) is 1. The van der Waals surface area contributed by atoms with Gasteiger partial charge in [-0.15, -0.1) is 0 Å². The summed E-state index contributed by atoms with van der Waals surface area (Å²) in [5, 5.41) is 13.3. The molecule has 0 heterocycles. The van der Waals surface area contributed by atoms with Crippen molar-refractivity contribution in [1.82, 2.24) is 10.2 Å². The minimum atomic E-state index is -1.13. The Morgan fingerprint density at radius 1 is 0.925 bits per heavy atom. The van der Waals surface area contributed by atoms with Crippen LogP contribution in [0, 0.1) is 6.92 Å². The molecule has 2 amide bonds. The monoisotopic (exact) mass is 585 g/mol. The van der Waals surface area contributed by atoms with Crippen LogP contribution < -0.4 is 11.1 Å². The first-order chi connectivity index (χ1) is 18.8. The van der Waals surface area contributed by atoms with Gasteiger partial charge in [0.2, 0.25) is 5.91 Å². The van der Waals surface area contributed by atoms with E-state index < -0.39 is 17.9 Å². The number of likely N-dealkylation sites (N-methyl/N-ethyl adjacent to an activating group) is 1. The fourth-order valence-electron chi connectivity index (χ4n) is 4.10. The highest BCUT2D eigenvalue weighted by atomic mass is 35.5. The Labute approximate surface area is 244 Å². The van der Waals surface area contributed by atoms with E-state index in [0.717, 1.165) is 11.1 Å². The lowest BCUT2D eigenvalue weighted by molar-refractivity contribution is -0.126. The number of hydrogen-bond acceptors (Lipinski definition) is 5. The van der Waals surface area contributed by atoms with Gasteiger partial charge in [-0.05, 0) is 80.4 Å². The van der Waals surface area contributed by atoms with E-state index in [-0.39, 0.29) is 35.3 Å². The van der Waals surface area contributed by atoms with Crippen molar-refractivity contribution in [3.8, 4) is 0 Å². The molecule has 2 unspecified atom stereocenters. The number of carbonyl (C=O) groups is 4. The molecule has 4 N–H and O–H groups in total. The number of nitrogen functional groups attached to an aromatic ring is 1. The molecular formula is C30H33Cl2N3O5. The van der Waals surface area contributed by atoms with Crippen molar-refractivity contribution in [3.63, 3.8) is 0 Å². The Balaban J connectivity index is 0.000000526. The maximum atomic E-state index is 13.1. The minimum absolute atomic E-state index is 0.0110. The Morgan fingerprint density at radius 2 is 1.50 bits per heavy atom. The van der Waals surface area contributed by atoms with Gasteiger partial charge in [-0.1, -0.05) is 41.4 Å². The van der Waals surface area contributed by atoms with Crippen LogP contribution in [0.3, 0.4) is 0 Å². The van der Waals surface area contributed by atoms with E-state index >= 15 is 0 Å². The topological polar surface area (TPSA) is 130 Å². The molecule has 0 aliphatic carbocycles. The highest BCUT2D eigenvalue weighted by molar-refractivity contribution is 6.34. The summed E-state index contributed by atoms with van der Waals surface area (Å²) >= 11 is 11.3. The van der Waals surface area contributed by atoms with Gasteiger partial charge in [-0.25, -0.2) is 4.79 Å². The van der Waals surface area contributed by atoms with Crippen molar-refractivity contribution >= 4 is 52.5 Å². The number of aryl methyl sites for hydroxylation is 1. The van der Waals surface area contributed by atoms with E-state index in [1.807, 2.05) is 19.1 Å². The fourth-order valence-corrected chi connectivity index (χ4v) is 4.74. The molecule has 0 bridgehead atoms. The molecule has 3 rings (SSSR count). The highest BCUT2D eigenvalue weighted by Gasteiger charge is 2.31. The highest BCUT2D eigenvalue weighted by Crippen LogP contribution is 2.25. The van der Waals surface area contributed by atoms with Gasteiger partial charge in [0.25, 0.3) is 5.91 Å². The number of nitrogens with one attached hydrogen (secondary N) is 1. The normalized spacial score (nSPS) is 11.8. The van der Waals surface area contributed by atoms with Crippen molar-refractivity contribution in [2.75, 3.05) is 18.8 Å². The lowest BCUT2D eigenvalue weighted by Crippen LogP contribution is -2.48. The molecule has 2 atom stereocenters. The Morgan fingerprint density at radius 3 is 1.98 bits per heavy atom. The lowest BCUT2D eigenvalue weighted by atomic mass is 9.88. The number of nitrogens with two attached hydrogens (primary N) is 1. The maximum Gasteiger partial charge on any atom is 0.335 e. The quantitative estimate of drug-likeness (QED) is 0.280. The molecule has 0 aliphatic heterocycles. The van der Waals surface area contributed by atoms with E-state index in [1.54, 1.807) is 43.3 Å². The van der Waals surface area contributed by atoms with Crippen LogP contribution in [0.15, 0.2) is 66.7 Å². The first-order valence-corrected chi connectivity index (χ1v) is 13.3. The molecule has 0 aromatic heterocycles. The second-order valence-electron chi connectivity index (χ2n) is 9.24. The summed E-state index contributed by atoms with van der Waals surface area (Å²) in [5.41, 5.74) is 8.41.